The quantitative estimate of drug-likeness (QED) is 0.756. The van der Waals surface area contributed by atoms with E-state index < -0.39 is 0 Å². The molecule has 2 aromatic carbocycles. The van der Waals surface area contributed by atoms with Crippen LogP contribution in [-0.4, -0.2) is 22.8 Å². The maximum Gasteiger partial charge on any atom is 0.259 e. The second kappa shape index (κ2) is 7.39. The van der Waals surface area contributed by atoms with Crippen molar-refractivity contribution >= 4 is 11.6 Å². The van der Waals surface area contributed by atoms with Crippen molar-refractivity contribution in [3.8, 4) is 5.75 Å². The minimum absolute atomic E-state index is 0.255. The van der Waals surface area contributed by atoms with Gasteiger partial charge in [0.1, 0.15) is 11.6 Å². The van der Waals surface area contributed by atoms with E-state index in [2.05, 4.69) is 10.4 Å². The highest BCUT2D eigenvalue weighted by atomic mass is 19.1. The van der Waals surface area contributed by atoms with E-state index in [1.54, 1.807) is 35.0 Å². The van der Waals surface area contributed by atoms with E-state index >= 15 is 0 Å². The van der Waals surface area contributed by atoms with Crippen LogP contribution in [0.2, 0.25) is 0 Å². The highest BCUT2D eigenvalue weighted by Crippen LogP contribution is 2.24. The first-order valence-electron chi connectivity index (χ1n) is 8.22. The van der Waals surface area contributed by atoms with Crippen molar-refractivity contribution in [3.05, 3.63) is 76.9 Å². The maximum absolute atomic E-state index is 13.1. The van der Waals surface area contributed by atoms with E-state index in [1.165, 1.54) is 19.2 Å². The molecule has 0 bridgehead atoms. The Bertz CT molecular complexity index is 933. The lowest BCUT2D eigenvalue weighted by Gasteiger charge is -2.10. The van der Waals surface area contributed by atoms with Crippen LogP contribution >= 0.6 is 0 Å². The van der Waals surface area contributed by atoms with E-state index in [9.17, 15) is 9.18 Å². The minimum Gasteiger partial charge on any atom is -0.496 e. The molecule has 0 unspecified atom stereocenters. The standard InChI is InChI=1S/C20H20FN3O2/c1-13-19(22-20(25)17-6-4-5-7-18(17)26-3)14(2)24(23-13)12-15-8-10-16(21)11-9-15/h4-11H,12H2,1-3H3,(H,22,25). The van der Waals surface area contributed by atoms with Crippen LogP contribution in [0.1, 0.15) is 27.3 Å². The number of anilines is 1. The lowest BCUT2D eigenvalue weighted by atomic mass is 10.1. The van der Waals surface area contributed by atoms with Crippen molar-refractivity contribution in [2.24, 2.45) is 0 Å². The normalized spacial score (nSPS) is 10.6. The van der Waals surface area contributed by atoms with Crippen molar-refractivity contribution in [2.75, 3.05) is 12.4 Å². The SMILES string of the molecule is COc1ccccc1C(=O)Nc1c(C)nn(Cc2ccc(F)cc2)c1C. The summed E-state index contributed by atoms with van der Waals surface area (Å²) in [5.74, 6) is -0.0131. The third kappa shape index (κ3) is 3.59. The molecule has 6 heteroatoms. The molecule has 1 N–H and O–H groups in total. The molecule has 0 saturated heterocycles. The number of halogens is 1. The predicted octanol–water partition coefficient (Wildman–Crippen LogP) is 3.95. The van der Waals surface area contributed by atoms with Crippen molar-refractivity contribution in [1.82, 2.24) is 9.78 Å². The molecular formula is C20H20FN3O2. The van der Waals surface area contributed by atoms with E-state index in [0.29, 0.717) is 29.2 Å². The summed E-state index contributed by atoms with van der Waals surface area (Å²) in [7, 11) is 1.53. The Balaban J connectivity index is 1.84. The molecule has 1 heterocycles. The van der Waals surface area contributed by atoms with Crippen LogP contribution in [0.25, 0.3) is 0 Å². The molecule has 0 saturated carbocycles. The van der Waals surface area contributed by atoms with Gasteiger partial charge < -0.3 is 10.1 Å². The third-order valence-electron chi connectivity index (χ3n) is 4.22. The number of nitrogens with zero attached hydrogens (tertiary/aromatic N) is 2. The fourth-order valence-electron chi connectivity index (χ4n) is 2.81. The number of amides is 1. The molecule has 0 aliphatic rings. The molecule has 0 spiro atoms. The number of para-hydroxylation sites is 1. The molecule has 0 fully saturated rings. The Labute approximate surface area is 151 Å². The van der Waals surface area contributed by atoms with Crippen molar-refractivity contribution in [3.63, 3.8) is 0 Å². The minimum atomic E-state index is -0.271. The highest BCUT2D eigenvalue weighted by molar-refractivity contribution is 6.06. The van der Waals surface area contributed by atoms with Gasteiger partial charge in [-0.15, -0.1) is 0 Å². The summed E-state index contributed by atoms with van der Waals surface area (Å²) in [5.41, 5.74) is 3.60. The van der Waals surface area contributed by atoms with Gasteiger partial charge in [-0.3, -0.25) is 9.48 Å². The largest absolute Gasteiger partial charge is 0.496 e. The van der Waals surface area contributed by atoms with Gasteiger partial charge in [0.2, 0.25) is 0 Å². The predicted molar refractivity (Wildman–Crippen MR) is 98.2 cm³/mol. The Morgan fingerprint density at radius 3 is 2.54 bits per heavy atom. The number of hydrogen-bond donors (Lipinski definition) is 1. The molecule has 5 nitrogen and oxygen atoms in total. The van der Waals surface area contributed by atoms with E-state index in [1.807, 2.05) is 19.9 Å². The van der Waals surface area contributed by atoms with Crippen LogP contribution in [0.3, 0.4) is 0 Å². The average molecular weight is 353 g/mol. The summed E-state index contributed by atoms with van der Waals surface area (Å²) in [6.07, 6.45) is 0. The van der Waals surface area contributed by atoms with Crippen molar-refractivity contribution in [2.45, 2.75) is 20.4 Å². The Kier molecular flexibility index (Phi) is 5.02. The fourth-order valence-corrected chi connectivity index (χ4v) is 2.81. The van der Waals surface area contributed by atoms with Gasteiger partial charge >= 0.3 is 0 Å². The molecular weight excluding hydrogens is 333 g/mol. The summed E-state index contributed by atoms with van der Waals surface area (Å²) in [5, 5.41) is 7.42. The first kappa shape index (κ1) is 17.7. The number of hydrogen-bond acceptors (Lipinski definition) is 3. The summed E-state index contributed by atoms with van der Waals surface area (Å²) >= 11 is 0. The number of methoxy groups -OCH3 is 1. The number of ether oxygens (including phenoxy) is 1. The number of benzene rings is 2. The van der Waals surface area contributed by atoms with Gasteiger partial charge in [0, 0.05) is 0 Å². The zero-order valence-electron chi connectivity index (χ0n) is 14.9. The molecule has 1 aromatic heterocycles. The van der Waals surface area contributed by atoms with Gasteiger partial charge in [-0.1, -0.05) is 24.3 Å². The lowest BCUT2D eigenvalue weighted by molar-refractivity contribution is 0.102. The Morgan fingerprint density at radius 2 is 1.85 bits per heavy atom. The lowest BCUT2D eigenvalue weighted by Crippen LogP contribution is -2.14. The maximum atomic E-state index is 13.1. The summed E-state index contributed by atoms with van der Waals surface area (Å²) in [6, 6.07) is 13.3. The number of nitrogens with one attached hydrogen (secondary N) is 1. The summed E-state index contributed by atoms with van der Waals surface area (Å²) < 4.78 is 20.1. The van der Waals surface area contributed by atoms with Gasteiger partial charge in [0.15, 0.2) is 0 Å². The smallest absolute Gasteiger partial charge is 0.259 e. The molecule has 1 amide bonds. The van der Waals surface area contributed by atoms with E-state index in [0.717, 1.165) is 11.3 Å². The number of carbonyl (C=O) groups excluding carboxylic acids is 1. The topological polar surface area (TPSA) is 56.1 Å². The van der Waals surface area contributed by atoms with Gasteiger partial charge in [0.05, 0.1) is 36.3 Å². The second-order valence-corrected chi connectivity index (χ2v) is 5.98. The number of rotatable bonds is 5. The van der Waals surface area contributed by atoms with E-state index in [4.69, 9.17) is 4.74 Å². The molecule has 0 aliphatic heterocycles. The molecule has 0 atom stereocenters. The molecule has 0 aliphatic carbocycles. The average Bonchev–Trinajstić information content (AvgIpc) is 2.91. The molecule has 0 radical (unpaired) electrons. The Morgan fingerprint density at radius 1 is 1.15 bits per heavy atom. The van der Waals surface area contributed by atoms with Gasteiger partial charge in [-0.25, -0.2) is 4.39 Å². The van der Waals surface area contributed by atoms with E-state index in [-0.39, 0.29) is 11.7 Å². The van der Waals surface area contributed by atoms with Crippen LogP contribution in [0.15, 0.2) is 48.5 Å². The zero-order valence-corrected chi connectivity index (χ0v) is 14.9. The van der Waals surface area contributed by atoms with Crippen LogP contribution in [0.4, 0.5) is 10.1 Å². The van der Waals surface area contributed by atoms with Gasteiger partial charge in [-0.2, -0.15) is 5.10 Å². The monoisotopic (exact) mass is 353 g/mol. The molecule has 3 rings (SSSR count). The van der Waals surface area contributed by atoms with Crippen LogP contribution < -0.4 is 10.1 Å². The van der Waals surface area contributed by atoms with Crippen molar-refractivity contribution < 1.29 is 13.9 Å². The zero-order chi connectivity index (χ0) is 18.7. The summed E-state index contributed by atoms with van der Waals surface area (Å²) in [6.45, 7) is 4.23. The molecule has 26 heavy (non-hydrogen) atoms. The first-order chi connectivity index (χ1) is 12.5. The number of carbonyl (C=O) groups is 1. The third-order valence-corrected chi connectivity index (χ3v) is 4.22. The second-order valence-electron chi connectivity index (χ2n) is 5.98. The van der Waals surface area contributed by atoms with Crippen molar-refractivity contribution in [1.29, 1.82) is 0 Å². The van der Waals surface area contributed by atoms with Gasteiger partial charge in [-0.05, 0) is 43.7 Å². The number of aryl methyl sites for hydroxylation is 1. The van der Waals surface area contributed by atoms with Gasteiger partial charge in [0.25, 0.3) is 5.91 Å². The first-order valence-corrected chi connectivity index (χ1v) is 8.22. The summed E-state index contributed by atoms with van der Waals surface area (Å²) in [4.78, 5) is 12.6. The Hall–Kier alpha value is -3.15. The van der Waals surface area contributed by atoms with Crippen LogP contribution in [0.5, 0.6) is 5.75 Å². The molecule has 134 valence electrons. The highest BCUT2D eigenvalue weighted by Gasteiger charge is 2.17. The molecule has 3 aromatic rings. The number of aromatic nitrogens is 2. The van der Waals surface area contributed by atoms with Crippen LogP contribution in [0, 0.1) is 19.7 Å². The van der Waals surface area contributed by atoms with Crippen LogP contribution in [-0.2, 0) is 6.54 Å². The fraction of sp³-hybridized carbons (Fsp3) is 0.200.